The molecule has 1 aromatic heterocycles. The highest BCUT2D eigenvalue weighted by atomic mass is 35.5. The summed E-state index contributed by atoms with van der Waals surface area (Å²) >= 11 is 6.12. The van der Waals surface area contributed by atoms with Crippen molar-refractivity contribution < 1.29 is 13.9 Å². The molecule has 6 nitrogen and oxygen atoms in total. The van der Waals surface area contributed by atoms with Crippen LogP contribution in [0.5, 0.6) is 11.5 Å². The minimum absolute atomic E-state index is 0.0000330. The van der Waals surface area contributed by atoms with Crippen LogP contribution in [-0.4, -0.2) is 72.8 Å². The number of fused-ring (bicyclic) bond motifs is 3. The van der Waals surface area contributed by atoms with Gasteiger partial charge < -0.3 is 24.4 Å². The van der Waals surface area contributed by atoms with Gasteiger partial charge >= 0.3 is 0 Å². The molecule has 3 aromatic carbocycles. The summed E-state index contributed by atoms with van der Waals surface area (Å²) < 4.78 is 23.6. The molecule has 0 saturated carbocycles. The number of hydrogen-bond donors (Lipinski definition) is 1. The van der Waals surface area contributed by atoms with Crippen molar-refractivity contribution in [3.63, 3.8) is 0 Å². The minimum Gasteiger partial charge on any atom is -0.455 e. The van der Waals surface area contributed by atoms with E-state index in [4.69, 9.17) is 16.3 Å². The van der Waals surface area contributed by atoms with E-state index < -0.39 is 6.17 Å². The molecule has 2 atom stereocenters. The average Bonchev–Trinajstić information content (AvgIpc) is 3.25. The largest absolute Gasteiger partial charge is 0.455 e. The molecule has 1 amide bonds. The SMILES string of the molecule is CN1CCN(C(=O)c2cc(Oc3ccc(Cl)cc3)c3c(c2)c2ccccc2n3C[C@@H]2CCNC[C@@H]2F)CC1. The van der Waals surface area contributed by atoms with Crippen LogP contribution in [0.2, 0.25) is 5.02 Å². The van der Waals surface area contributed by atoms with E-state index in [1.165, 1.54) is 0 Å². The highest BCUT2D eigenvalue weighted by Gasteiger charge is 2.28. The van der Waals surface area contributed by atoms with E-state index >= 15 is 0 Å². The van der Waals surface area contributed by atoms with Gasteiger partial charge in [-0.3, -0.25) is 4.79 Å². The van der Waals surface area contributed by atoms with Gasteiger partial charge in [0, 0.05) is 72.1 Å². The van der Waals surface area contributed by atoms with E-state index in [9.17, 15) is 9.18 Å². The Morgan fingerprint density at radius 3 is 2.58 bits per heavy atom. The van der Waals surface area contributed by atoms with Crippen LogP contribution < -0.4 is 10.1 Å². The van der Waals surface area contributed by atoms with E-state index in [-0.39, 0.29) is 11.8 Å². The van der Waals surface area contributed by atoms with Gasteiger partial charge in [0.2, 0.25) is 0 Å². The highest BCUT2D eigenvalue weighted by molar-refractivity contribution is 6.30. The zero-order valence-corrected chi connectivity index (χ0v) is 22.3. The van der Waals surface area contributed by atoms with Gasteiger partial charge in [0.25, 0.3) is 5.91 Å². The van der Waals surface area contributed by atoms with Gasteiger partial charge in [0.1, 0.15) is 11.9 Å². The maximum atomic E-state index is 15.0. The summed E-state index contributed by atoms with van der Waals surface area (Å²) in [6.07, 6.45) is -0.152. The van der Waals surface area contributed by atoms with E-state index in [2.05, 4.69) is 34.0 Å². The van der Waals surface area contributed by atoms with Gasteiger partial charge in [-0.25, -0.2) is 4.39 Å². The number of alkyl halides is 1. The number of nitrogens with zero attached hydrogens (tertiary/aromatic N) is 3. The third-order valence-corrected chi connectivity index (χ3v) is 8.12. The Kier molecular flexibility index (Phi) is 6.99. The lowest BCUT2D eigenvalue weighted by atomic mass is 9.96. The summed E-state index contributed by atoms with van der Waals surface area (Å²) in [7, 11) is 2.07. The van der Waals surface area contributed by atoms with Crippen molar-refractivity contribution in [2.24, 2.45) is 5.92 Å². The Morgan fingerprint density at radius 2 is 1.82 bits per heavy atom. The van der Waals surface area contributed by atoms with Crippen molar-refractivity contribution in [3.05, 3.63) is 71.2 Å². The number of piperazine rings is 1. The van der Waals surface area contributed by atoms with Crippen LogP contribution in [0.1, 0.15) is 16.8 Å². The number of carbonyl (C=O) groups excluding carboxylic acids is 1. The molecule has 2 saturated heterocycles. The van der Waals surface area contributed by atoms with Crippen molar-refractivity contribution in [2.75, 3.05) is 46.3 Å². The van der Waals surface area contributed by atoms with Crippen LogP contribution in [0.4, 0.5) is 4.39 Å². The Balaban J connectivity index is 1.51. The first-order valence-electron chi connectivity index (χ1n) is 13.3. The lowest BCUT2D eigenvalue weighted by Crippen LogP contribution is -2.47. The van der Waals surface area contributed by atoms with Crippen LogP contribution in [0.3, 0.4) is 0 Å². The van der Waals surface area contributed by atoms with E-state index in [1.54, 1.807) is 12.1 Å². The Hall–Kier alpha value is -3.13. The molecule has 3 heterocycles. The van der Waals surface area contributed by atoms with Crippen LogP contribution in [0.25, 0.3) is 21.8 Å². The molecule has 1 N–H and O–H groups in total. The smallest absolute Gasteiger partial charge is 0.254 e. The standard InChI is InChI=1S/C30H32ClFN4O2/c1-34-12-14-35(15-13-34)30(37)21-16-25-24-4-2-3-5-27(24)36(19-20-10-11-33-18-26(20)32)29(25)28(17-21)38-23-8-6-22(31)7-9-23/h2-9,16-17,20,26,33H,10-15,18-19H2,1H3/t20-,26-/m0/s1. The second kappa shape index (κ2) is 10.6. The first-order valence-corrected chi connectivity index (χ1v) is 13.7. The summed E-state index contributed by atoms with van der Waals surface area (Å²) in [5.74, 6) is 1.11. The highest BCUT2D eigenvalue weighted by Crippen LogP contribution is 2.39. The number of piperidine rings is 1. The van der Waals surface area contributed by atoms with Crippen molar-refractivity contribution >= 4 is 39.3 Å². The zero-order valence-electron chi connectivity index (χ0n) is 21.5. The van der Waals surface area contributed by atoms with Gasteiger partial charge in [-0.05, 0) is 62.5 Å². The lowest BCUT2D eigenvalue weighted by Gasteiger charge is -2.32. The van der Waals surface area contributed by atoms with Crippen LogP contribution in [-0.2, 0) is 6.54 Å². The fraction of sp³-hybridized carbons (Fsp3) is 0.367. The molecular formula is C30H32ClFN4O2. The molecule has 4 aromatic rings. The molecule has 6 rings (SSSR count). The van der Waals surface area contributed by atoms with Gasteiger partial charge in [-0.2, -0.15) is 0 Å². The molecule has 0 radical (unpaired) electrons. The molecule has 0 aliphatic carbocycles. The lowest BCUT2D eigenvalue weighted by molar-refractivity contribution is 0.0664. The van der Waals surface area contributed by atoms with E-state index in [0.717, 1.165) is 47.9 Å². The molecule has 198 valence electrons. The summed E-state index contributed by atoms with van der Waals surface area (Å²) in [6.45, 7) is 4.80. The second-order valence-electron chi connectivity index (χ2n) is 10.4. The predicted molar refractivity (Wildman–Crippen MR) is 150 cm³/mol. The van der Waals surface area contributed by atoms with Crippen LogP contribution in [0, 0.1) is 5.92 Å². The topological polar surface area (TPSA) is 49.7 Å². The second-order valence-corrected chi connectivity index (χ2v) is 10.9. The Bertz CT molecular complexity index is 1460. The molecule has 0 bridgehead atoms. The minimum atomic E-state index is -0.918. The van der Waals surface area contributed by atoms with Crippen molar-refractivity contribution in [2.45, 2.75) is 19.1 Å². The molecular weight excluding hydrogens is 503 g/mol. The fourth-order valence-corrected chi connectivity index (χ4v) is 5.80. The third-order valence-electron chi connectivity index (χ3n) is 7.87. The van der Waals surface area contributed by atoms with Crippen LogP contribution >= 0.6 is 11.6 Å². The monoisotopic (exact) mass is 534 g/mol. The molecule has 2 aliphatic rings. The van der Waals surface area contributed by atoms with Gasteiger partial charge in [-0.15, -0.1) is 0 Å². The summed E-state index contributed by atoms with van der Waals surface area (Å²) in [6, 6.07) is 19.2. The van der Waals surface area contributed by atoms with E-state index in [1.807, 2.05) is 41.3 Å². The number of hydrogen-bond acceptors (Lipinski definition) is 4. The summed E-state index contributed by atoms with van der Waals surface area (Å²) in [5, 5.41) is 5.74. The first-order chi connectivity index (χ1) is 18.5. The average molecular weight is 535 g/mol. The van der Waals surface area contributed by atoms with Crippen LogP contribution in [0.15, 0.2) is 60.7 Å². The third kappa shape index (κ3) is 4.86. The number of benzene rings is 3. The number of carbonyl (C=O) groups is 1. The number of rotatable bonds is 5. The molecule has 0 unspecified atom stereocenters. The van der Waals surface area contributed by atoms with Gasteiger partial charge in [-0.1, -0.05) is 29.8 Å². The Morgan fingerprint density at radius 1 is 1.05 bits per heavy atom. The molecule has 38 heavy (non-hydrogen) atoms. The van der Waals surface area contributed by atoms with Crippen molar-refractivity contribution in [1.82, 2.24) is 19.7 Å². The van der Waals surface area contributed by atoms with Crippen molar-refractivity contribution in [1.29, 1.82) is 0 Å². The number of nitrogens with one attached hydrogen (secondary N) is 1. The number of ether oxygens (including phenoxy) is 1. The maximum Gasteiger partial charge on any atom is 0.254 e. The number of halogens is 2. The summed E-state index contributed by atoms with van der Waals surface area (Å²) in [4.78, 5) is 17.8. The Labute approximate surface area is 226 Å². The quantitative estimate of drug-likeness (QED) is 0.363. The number of para-hydroxylation sites is 1. The fourth-order valence-electron chi connectivity index (χ4n) is 5.68. The maximum absolute atomic E-state index is 15.0. The zero-order chi connectivity index (χ0) is 26.2. The molecule has 2 aliphatic heterocycles. The summed E-state index contributed by atoms with van der Waals surface area (Å²) in [5.41, 5.74) is 2.49. The normalized spacial score (nSPS) is 20.8. The predicted octanol–water partition coefficient (Wildman–Crippen LogP) is 5.58. The number of aromatic nitrogens is 1. The number of amides is 1. The first kappa shape index (κ1) is 25.2. The number of likely N-dealkylation sites (N-methyl/N-ethyl adjacent to an activating group) is 1. The van der Waals surface area contributed by atoms with Gasteiger partial charge in [0.05, 0.1) is 5.52 Å². The molecule has 8 heteroatoms. The molecule has 0 spiro atoms. The van der Waals surface area contributed by atoms with E-state index in [0.29, 0.717) is 48.3 Å². The molecule has 2 fully saturated rings. The van der Waals surface area contributed by atoms with Gasteiger partial charge in [0.15, 0.2) is 5.75 Å². The van der Waals surface area contributed by atoms with Crippen molar-refractivity contribution in [3.8, 4) is 11.5 Å².